The lowest BCUT2D eigenvalue weighted by atomic mass is 10.2. The smallest absolute Gasteiger partial charge is 0.207 e. The van der Waals surface area contributed by atoms with Gasteiger partial charge in [0.2, 0.25) is 6.41 Å². The topological polar surface area (TPSA) is 55.1 Å². The van der Waals surface area contributed by atoms with Crippen LogP contribution in [-0.4, -0.2) is 17.4 Å². The summed E-state index contributed by atoms with van der Waals surface area (Å²) < 4.78 is 0. The van der Waals surface area contributed by atoms with Crippen molar-refractivity contribution in [2.45, 2.75) is 19.4 Å². The average molecular weight is 146 g/mol. The van der Waals surface area contributed by atoms with Crippen molar-refractivity contribution in [2.75, 3.05) is 0 Å². The van der Waals surface area contributed by atoms with E-state index >= 15 is 0 Å². The van der Waals surface area contributed by atoms with E-state index in [1.165, 1.54) is 0 Å². The minimum atomic E-state index is 0.0556. The summed E-state index contributed by atoms with van der Waals surface area (Å²) >= 11 is 4.61. The third-order valence-electron chi connectivity index (χ3n) is 0.860. The second-order valence-corrected chi connectivity index (χ2v) is 2.38. The van der Waals surface area contributed by atoms with Crippen LogP contribution >= 0.6 is 12.2 Å². The van der Waals surface area contributed by atoms with Gasteiger partial charge in [-0.1, -0.05) is 12.2 Å². The quantitative estimate of drug-likeness (QED) is 0.426. The van der Waals surface area contributed by atoms with Gasteiger partial charge in [0.05, 0.1) is 4.99 Å². The highest BCUT2D eigenvalue weighted by atomic mass is 32.1. The Morgan fingerprint density at radius 3 is 2.89 bits per heavy atom. The number of nitrogens with two attached hydrogens (primary N) is 1. The van der Waals surface area contributed by atoms with Gasteiger partial charge in [-0.25, -0.2) is 0 Å². The van der Waals surface area contributed by atoms with Gasteiger partial charge in [0.15, 0.2) is 0 Å². The van der Waals surface area contributed by atoms with Crippen molar-refractivity contribution in [1.82, 2.24) is 5.32 Å². The molecule has 0 heterocycles. The molecule has 52 valence electrons. The molecule has 3 nitrogen and oxygen atoms in total. The molecule has 0 aromatic heterocycles. The van der Waals surface area contributed by atoms with Crippen LogP contribution in [0.15, 0.2) is 0 Å². The number of hydrogen-bond acceptors (Lipinski definition) is 2. The fourth-order valence-electron chi connectivity index (χ4n) is 0.477. The summed E-state index contributed by atoms with van der Waals surface area (Å²) in [6, 6.07) is 0.0556. The molecule has 0 fully saturated rings. The fraction of sp³-hybridized carbons (Fsp3) is 0.600. The summed E-state index contributed by atoms with van der Waals surface area (Å²) in [7, 11) is 0. The Morgan fingerprint density at radius 2 is 2.56 bits per heavy atom. The molecule has 0 saturated carbocycles. The predicted molar refractivity (Wildman–Crippen MR) is 40.1 cm³/mol. The number of amides is 1. The summed E-state index contributed by atoms with van der Waals surface area (Å²) in [5.41, 5.74) is 5.20. The Labute approximate surface area is 59.6 Å². The average Bonchev–Trinajstić information content (AvgIpc) is 1.63. The normalized spacial score (nSPS) is 12.1. The van der Waals surface area contributed by atoms with Crippen LogP contribution in [0.4, 0.5) is 0 Å². The van der Waals surface area contributed by atoms with Crippen molar-refractivity contribution in [3.63, 3.8) is 0 Å². The highest BCUT2D eigenvalue weighted by molar-refractivity contribution is 7.80. The van der Waals surface area contributed by atoms with E-state index in [0.717, 1.165) is 0 Å². The molecule has 1 unspecified atom stereocenters. The standard InChI is InChI=1S/C5H10N2OS/c1-4(7-3-8)2-5(6)9/h3-4H,2H2,1H3,(H2,6,9)(H,7,8). The number of nitrogens with one attached hydrogen (secondary N) is 1. The van der Waals surface area contributed by atoms with Crippen LogP contribution in [0.2, 0.25) is 0 Å². The van der Waals surface area contributed by atoms with Crippen LogP contribution in [0, 0.1) is 0 Å². The molecule has 0 radical (unpaired) electrons. The van der Waals surface area contributed by atoms with E-state index in [1.807, 2.05) is 6.92 Å². The van der Waals surface area contributed by atoms with Crippen LogP contribution in [-0.2, 0) is 4.79 Å². The SMILES string of the molecule is CC(CC(N)=S)NC=O. The highest BCUT2D eigenvalue weighted by Gasteiger charge is 1.98. The first-order valence-corrected chi connectivity index (χ1v) is 3.05. The van der Waals surface area contributed by atoms with E-state index in [-0.39, 0.29) is 6.04 Å². The number of carbonyl (C=O) groups is 1. The Kier molecular flexibility index (Phi) is 3.96. The van der Waals surface area contributed by atoms with E-state index in [2.05, 4.69) is 17.5 Å². The lowest BCUT2D eigenvalue weighted by Gasteiger charge is -2.06. The van der Waals surface area contributed by atoms with Crippen LogP contribution in [0.3, 0.4) is 0 Å². The molecule has 1 atom stereocenters. The Morgan fingerprint density at radius 1 is 2.00 bits per heavy atom. The Bertz CT molecular complexity index is 116. The molecule has 1 amide bonds. The zero-order valence-electron chi connectivity index (χ0n) is 5.26. The molecule has 0 aliphatic carbocycles. The summed E-state index contributed by atoms with van der Waals surface area (Å²) in [6.45, 7) is 1.84. The number of hydrogen-bond donors (Lipinski definition) is 2. The molecule has 0 aromatic rings. The van der Waals surface area contributed by atoms with Crippen LogP contribution in [0.1, 0.15) is 13.3 Å². The van der Waals surface area contributed by atoms with Crippen molar-refractivity contribution in [3.8, 4) is 0 Å². The van der Waals surface area contributed by atoms with Crippen molar-refractivity contribution in [2.24, 2.45) is 5.73 Å². The van der Waals surface area contributed by atoms with Gasteiger partial charge in [-0.15, -0.1) is 0 Å². The van der Waals surface area contributed by atoms with E-state index < -0.39 is 0 Å². The van der Waals surface area contributed by atoms with Crippen LogP contribution in [0.25, 0.3) is 0 Å². The van der Waals surface area contributed by atoms with Gasteiger partial charge in [-0.2, -0.15) is 0 Å². The molecule has 0 saturated heterocycles. The minimum absolute atomic E-state index is 0.0556. The van der Waals surface area contributed by atoms with E-state index in [4.69, 9.17) is 5.73 Å². The third-order valence-corrected chi connectivity index (χ3v) is 1.03. The zero-order valence-corrected chi connectivity index (χ0v) is 6.07. The van der Waals surface area contributed by atoms with E-state index in [1.54, 1.807) is 0 Å². The summed E-state index contributed by atoms with van der Waals surface area (Å²) in [4.78, 5) is 10.2. The number of thiocarbonyl (C=S) groups is 1. The van der Waals surface area contributed by atoms with Crippen molar-refractivity contribution in [3.05, 3.63) is 0 Å². The molecule has 4 heteroatoms. The van der Waals surface area contributed by atoms with Gasteiger partial charge in [0.1, 0.15) is 0 Å². The van der Waals surface area contributed by atoms with Gasteiger partial charge in [-0.05, 0) is 6.92 Å². The zero-order chi connectivity index (χ0) is 7.28. The second-order valence-electron chi connectivity index (χ2n) is 1.86. The monoisotopic (exact) mass is 146 g/mol. The van der Waals surface area contributed by atoms with Gasteiger partial charge in [0, 0.05) is 12.5 Å². The fourth-order valence-corrected chi connectivity index (χ4v) is 0.727. The van der Waals surface area contributed by atoms with Crippen LogP contribution in [0.5, 0.6) is 0 Å². The van der Waals surface area contributed by atoms with Crippen LogP contribution < -0.4 is 11.1 Å². The summed E-state index contributed by atoms with van der Waals surface area (Å²) in [5.74, 6) is 0. The first-order chi connectivity index (χ1) is 4.16. The molecule has 0 spiro atoms. The van der Waals surface area contributed by atoms with Crippen molar-refractivity contribution >= 4 is 23.6 Å². The molecule has 0 aliphatic rings. The lowest BCUT2D eigenvalue weighted by molar-refractivity contribution is -0.110. The maximum absolute atomic E-state index is 9.80. The molecular weight excluding hydrogens is 136 g/mol. The summed E-state index contributed by atoms with van der Waals surface area (Å²) in [5, 5.41) is 2.53. The summed E-state index contributed by atoms with van der Waals surface area (Å²) in [6.07, 6.45) is 1.21. The first kappa shape index (κ1) is 8.36. The van der Waals surface area contributed by atoms with E-state index in [9.17, 15) is 4.79 Å². The van der Waals surface area contributed by atoms with Crippen molar-refractivity contribution in [1.29, 1.82) is 0 Å². The number of rotatable bonds is 4. The molecule has 0 bridgehead atoms. The van der Waals surface area contributed by atoms with Crippen molar-refractivity contribution < 1.29 is 4.79 Å². The molecule has 9 heavy (non-hydrogen) atoms. The molecular formula is C5H10N2OS. The molecule has 0 aromatic carbocycles. The van der Waals surface area contributed by atoms with Gasteiger partial charge < -0.3 is 11.1 Å². The Balaban J connectivity index is 3.37. The Hall–Kier alpha value is -0.640. The maximum atomic E-state index is 9.80. The first-order valence-electron chi connectivity index (χ1n) is 2.65. The highest BCUT2D eigenvalue weighted by Crippen LogP contribution is 1.87. The number of carbonyl (C=O) groups excluding carboxylic acids is 1. The second kappa shape index (κ2) is 4.26. The largest absolute Gasteiger partial charge is 0.393 e. The minimum Gasteiger partial charge on any atom is -0.393 e. The maximum Gasteiger partial charge on any atom is 0.207 e. The molecule has 3 N–H and O–H groups in total. The third kappa shape index (κ3) is 5.23. The lowest BCUT2D eigenvalue weighted by Crippen LogP contribution is -2.28. The van der Waals surface area contributed by atoms with E-state index in [0.29, 0.717) is 17.8 Å². The molecule has 0 aliphatic heterocycles. The van der Waals surface area contributed by atoms with Gasteiger partial charge in [0.25, 0.3) is 0 Å². The van der Waals surface area contributed by atoms with Gasteiger partial charge in [-0.3, -0.25) is 4.79 Å². The van der Waals surface area contributed by atoms with Gasteiger partial charge >= 0.3 is 0 Å². The predicted octanol–water partition coefficient (Wildman–Crippen LogP) is -0.203. The molecule has 0 rings (SSSR count).